The highest BCUT2D eigenvalue weighted by Crippen LogP contribution is 2.37. The van der Waals surface area contributed by atoms with E-state index in [1.54, 1.807) is 6.07 Å². The summed E-state index contributed by atoms with van der Waals surface area (Å²) >= 11 is 1.88. The molecule has 1 unspecified atom stereocenters. The van der Waals surface area contributed by atoms with Gasteiger partial charge in [0, 0.05) is 40.9 Å². The molecule has 1 aromatic rings. The number of aromatic nitrogens is 1. The SMILES string of the molecule is CC1(CNC(=O)c2ccncc2/C=C/C(=O)O)CCCS1. The number of rotatable bonds is 5. The number of nitrogens with one attached hydrogen (secondary N) is 1. The second-order valence-electron chi connectivity index (χ2n) is 5.22. The van der Waals surface area contributed by atoms with E-state index in [0.717, 1.165) is 18.2 Å². The average Bonchev–Trinajstić information content (AvgIpc) is 2.90. The molecule has 0 saturated carbocycles. The van der Waals surface area contributed by atoms with Gasteiger partial charge in [0.15, 0.2) is 0 Å². The molecule has 0 radical (unpaired) electrons. The number of nitrogens with zero attached hydrogens (tertiary/aromatic N) is 1. The highest BCUT2D eigenvalue weighted by atomic mass is 32.2. The molecule has 1 fully saturated rings. The molecule has 1 aromatic heterocycles. The van der Waals surface area contributed by atoms with Crippen LogP contribution in [-0.2, 0) is 4.79 Å². The van der Waals surface area contributed by atoms with Gasteiger partial charge < -0.3 is 10.4 Å². The summed E-state index contributed by atoms with van der Waals surface area (Å²) in [5.41, 5.74) is 0.940. The van der Waals surface area contributed by atoms with Crippen molar-refractivity contribution in [1.29, 1.82) is 0 Å². The monoisotopic (exact) mass is 306 g/mol. The Hall–Kier alpha value is -1.82. The zero-order valence-electron chi connectivity index (χ0n) is 11.8. The number of thioether (sulfide) groups is 1. The number of carbonyl (C=O) groups is 2. The van der Waals surface area contributed by atoms with Crippen molar-refractivity contribution < 1.29 is 14.7 Å². The molecular weight excluding hydrogens is 288 g/mol. The normalized spacial score (nSPS) is 21.6. The van der Waals surface area contributed by atoms with Crippen LogP contribution in [0.1, 0.15) is 35.7 Å². The number of hydrogen-bond donors (Lipinski definition) is 2. The zero-order chi connectivity index (χ0) is 15.3. The minimum absolute atomic E-state index is 0.0970. The van der Waals surface area contributed by atoms with E-state index in [9.17, 15) is 9.59 Å². The maximum atomic E-state index is 12.3. The summed E-state index contributed by atoms with van der Waals surface area (Å²) in [5, 5.41) is 11.6. The molecular formula is C15H18N2O3S. The molecule has 112 valence electrons. The standard InChI is InChI=1S/C15H18N2O3S/c1-15(6-2-8-21-15)10-17-14(20)12-5-7-16-9-11(12)3-4-13(18)19/h3-5,7,9H,2,6,8,10H2,1H3,(H,17,20)(H,18,19)/b4-3+. The van der Waals surface area contributed by atoms with Crippen molar-refractivity contribution in [3.05, 3.63) is 35.7 Å². The van der Waals surface area contributed by atoms with E-state index in [2.05, 4.69) is 17.2 Å². The van der Waals surface area contributed by atoms with Gasteiger partial charge in [-0.25, -0.2) is 4.79 Å². The smallest absolute Gasteiger partial charge is 0.328 e. The summed E-state index contributed by atoms with van der Waals surface area (Å²) in [6, 6.07) is 1.60. The van der Waals surface area contributed by atoms with Crippen molar-refractivity contribution in [2.24, 2.45) is 0 Å². The van der Waals surface area contributed by atoms with Crippen LogP contribution in [-0.4, -0.2) is 39.0 Å². The first kappa shape index (κ1) is 15.6. The van der Waals surface area contributed by atoms with Crippen LogP contribution >= 0.6 is 11.8 Å². The van der Waals surface area contributed by atoms with E-state index in [1.807, 2.05) is 11.8 Å². The van der Waals surface area contributed by atoms with Crippen molar-refractivity contribution in [1.82, 2.24) is 10.3 Å². The number of carbonyl (C=O) groups excluding carboxylic acids is 1. The molecule has 0 spiro atoms. The molecule has 2 N–H and O–H groups in total. The highest BCUT2D eigenvalue weighted by Gasteiger charge is 2.29. The fourth-order valence-electron chi connectivity index (χ4n) is 2.25. The molecule has 0 bridgehead atoms. The van der Waals surface area contributed by atoms with Gasteiger partial charge >= 0.3 is 5.97 Å². The van der Waals surface area contributed by atoms with Gasteiger partial charge in [0.25, 0.3) is 5.91 Å². The van der Waals surface area contributed by atoms with Crippen LogP contribution in [0.25, 0.3) is 6.08 Å². The first-order valence-electron chi connectivity index (χ1n) is 6.77. The summed E-state index contributed by atoms with van der Waals surface area (Å²) < 4.78 is 0.0970. The number of aliphatic carboxylic acids is 1. The Morgan fingerprint density at radius 2 is 2.38 bits per heavy atom. The molecule has 2 rings (SSSR count). The molecule has 1 amide bonds. The third kappa shape index (κ3) is 4.32. The number of carboxylic acid groups (broad SMARTS) is 1. The maximum absolute atomic E-state index is 12.3. The van der Waals surface area contributed by atoms with Gasteiger partial charge in [0.2, 0.25) is 0 Å². The quantitative estimate of drug-likeness (QED) is 0.815. The van der Waals surface area contributed by atoms with Crippen molar-refractivity contribution in [3.63, 3.8) is 0 Å². The molecule has 1 atom stereocenters. The van der Waals surface area contributed by atoms with Gasteiger partial charge in [-0.3, -0.25) is 9.78 Å². The van der Waals surface area contributed by atoms with Crippen LogP contribution in [0.15, 0.2) is 24.5 Å². The fraction of sp³-hybridized carbons (Fsp3) is 0.400. The van der Waals surface area contributed by atoms with E-state index < -0.39 is 5.97 Å². The van der Waals surface area contributed by atoms with Crippen molar-refractivity contribution in [2.75, 3.05) is 12.3 Å². The molecule has 0 aliphatic carbocycles. The van der Waals surface area contributed by atoms with Crippen molar-refractivity contribution >= 4 is 29.7 Å². The Labute approximate surface area is 127 Å². The van der Waals surface area contributed by atoms with Crippen LogP contribution in [0, 0.1) is 0 Å². The van der Waals surface area contributed by atoms with Gasteiger partial charge in [-0.2, -0.15) is 11.8 Å². The minimum Gasteiger partial charge on any atom is -0.478 e. The predicted molar refractivity (Wildman–Crippen MR) is 83.3 cm³/mol. The van der Waals surface area contributed by atoms with E-state index in [-0.39, 0.29) is 10.7 Å². The first-order chi connectivity index (χ1) is 10.0. The predicted octanol–water partition coefficient (Wildman–Crippen LogP) is 2.19. The number of amides is 1. The van der Waals surface area contributed by atoms with Crippen LogP contribution in [0.4, 0.5) is 0 Å². The number of hydrogen-bond acceptors (Lipinski definition) is 4. The Bertz CT molecular complexity index is 566. The van der Waals surface area contributed by atoms with E-state index >= 15 is 0 Å². The number of carboxylic acids is 1. The minimum atomic E-state index is -1.06. The number of pyridine rings is 1. The zero-order valence-corrected chi connectivity index (χ0v) is 12.7. The lowest BCUT2D eigenvalue weighted by Gasteiger charge is -2.23. The molecule has 2 heterocycles. The second-order valence-corrected chi connectivity index (χ2v) is 6.90. The van der Waals surface area contributed by atoms with Crippen LogP contribution in [0.2, 0.25) is 0 Å². The van der Waals surface area contributed by atoms with Gasteiger partial charge in [0.05, 0.1) is 0 Å². The lowest BCUT2D eigenvalue weighted by molar-refractivity contribution is -0.131. The summed E-state index contributed by atoms with van der Waals surface area (Å²) in [4.78, 5) is 26.8. The summed E-state index contributed by atoms with van der Waals surface area (Å²) in [5.74, 6) is -0.120. The molecule has 1 aliphatic heterocycles. The largest absolute Gasteiger partial charge is 0.478 e. The third-order valence-corrected chi connectivity index (χ3v) is 4.96. The first-order valence-corrected chi connectivity index (χ1v) is 7.76. The lowest BCUT2D eigenvalue weighted by Crippen LogP contribution is -2.37. The van der Waals surface area contributed by atoms with Crippen molar-refractivity contribution in [3.8, 4) is 0 Å². The van der Waals surface area contributed by atoms with E-state index in [1.165, 1.54) is 24.9 Å². The van der Waals surface area contributed by atoms with E-state index in [0.29, 0.717) is 17.7 Å². The van der Waals surface area contributed by atoms with Gasteiger partial charge in [-0.1, -0.05) is 0 Å². The summed E-state index contributed by atoms with van der Waals surface area (Å²) in [7, 11) is 0. The Balaban J connectivity index is 2.06. The average molecular weight is 306 g/mol. The summed E-state index contributed by atoms with van der Waals surface area (Å²) in [6.07, 6.45) is 7.68. The second kappa shape index (κ2) is 6.76. The van der Waals surface area contributed by atoms with Gasteiger partial charge in [-0.05, 0) is 37.7 Å². The molecule has 0 aromatic carbocycles. The Kier molecular flexibility index (Phi) is 5.01. The van der Waals surface area contributed by atoms with Crippen molar-refractivity contribution in [2.45, 2.75) is 24.5 Å². The molecule has 6 heteroatoms. The molecule has 5 nitrogen and oxygen atoms in total. The maximum Gasteiger partial charge on any atom is 0.328 e. The van der Waals surface area contributed by atoms with Crippen LogP contribution in [0.5, 0.6) is 0 Å². The lowest BCUT2D eigenvalue weighted by atomic mass is 10.0. The Morgan fingerprint density at radius 1 is 1.57 bits per heavy atom. The summed E-state index contributed by atoms with van der Waals surface area (Å²) in [6.45, 7) is 2.77. The van der Waals surface area contributed by atoms with Gasteiger partial charge in [0.1, 0.15) is 0 Å². The van der Waals surface area contributed by atoms with E-state index in [4.69, 9.17) is 5.11 Å². The highest BCUT2D eigenvalue weighted by molar-refractivity contribution is 8.00. The van der Waals surface area contributed by atoms with Gasteiger partial charge in [-0.15, -0.1) is 0 Å². The topological polar surface area (TPSA) is 79.3 Å². The van der Waals surface area contributed by atoms with Crippen LogP contribution < -0.4 is 5.32 Å². The third-order valence-electron chi connectivity index (χ3n) is 3.43. The fourth-order valence-corrected chi connectivity index (χ4v) is 3.49. The molecule has 1 aliphatic rings. The van der Waals surface area contributed by atoms with Crippen LogP contribution in [0.3, 0.4) is 0 Å². The Morgan fingerprint density at radius 3 is 3.05 bits per heavy atom. The molecule has 21 heavy (non-hydrogen) atoms. The molecule has 1 saturated heterocycles.